The topological polar surface area (TPSA) is 52.9 Å². The van der Waals surface area contributed by atoms with E-state index >= 15 is 0 Å². The largest absolute Gasteiger partial charge is 0.476 e. The Morgan fingerprint density at radius 2 is 0.786 bits per heavy atom. The van der Waals surface area contributed by atoms with E-state index in [-0.39, 0.29) is 22.2 Å². The normalized spacial score (nSPS) is 14.9. The first-order valence-electron chi connectivity index (χ1n) is 10.1. The Morgan fingerprint density at radius 1 is 0.536 bits per heavy atom. The average Bonchev–Trinajstić information content (AvgIpc) is 2.40. The highest BCUT2D eigenvalue weighted by Gasteiger charge is 2.12. The van der Waals surface area contributed by atoms with Gasteiger partial charge in [0.05, 0.1) is 0 Å². The predicted molar refractivity (Wildman–Crippen MR) is 128 cm³/mol. The van der Waals surface area contributed by atoms with Gasteiger partial charge in [0.25, 0.3) is 0 Å². The van der Waals surface area contributed by atoms with Crippen LogP contribution in [0.15, 0.2) is 33.5 Å². The van der Waals surface area contributed by atoms with Crippen molar-refractivity contribution < 1.29 is 0 Å². The van der Waals surface area contributed by atoms with Gasteiger partial charge in [0.1, 0.15) is 0 Å². The van der Waals surface area contributed by atoms with Crippen LogP contribution in [0.1, 0.15) is 83.1 Å². The fourth-order valence-corrected chi connectivity index (χ4v) is 6.44. The van der Waals surface area contributed by atoms with Crippen molar-refractivity contribution in [2.75, 3.05) is 0 Å². The van der Waals surface area contributed by atoms with E-state index in [1.54, 1.807) is 0 Å². The van der Waals surface area contributed by atoms with E-state index < -0.39 is 17.5 Å². The van der Waals surface area contributed by atoms with Crippen LogP contribution in [0.5, 0.6) is 0 Å². The van der Waals surface area contributed by atoms with Gasteiger partial charge in [-0.2, -0.15) is 0 Å². The van der Waals surface area contributed by atoms with Gasteiger partial charge >= 0.3 is 0 Å². The van der Waals surface area contributed by atoms with Gasteiger partial charge in [-0.25, -0.2) is 0 Å². The Kier molecular flexibility index (Phi) is 7.73. The molecule has 28 heavy (non-hydrogen) atoms. The van der Waals surface area contributed by atoms with Crippen molar-refractivity contribution in [3.05, 3.63) is 34.2 Å². The molecule has 1 rings (SSSR count). The number of benzene rings is 1. The Balaban J connectivity index is 3.35. The zero-order chi connectivity index (χ0) is 22.0. The molecule has 0 aliphatic heterocycles. The van der Waals surface area contributed by atoms with Crippen molar-refractivity contribution in [2.24, 2.45) is 9.27 Å². The van der Waals surface area contributed by atoms with Crippen molar-refractivity contribution in [3.63, 3.8) is 0 Å². The summed E-state index contributed by atoms with van der Waals surface area (Å²) in [6.45, 7) is 25.8. The Bertz CT molecular complexity index is 644. The minimum Gasteiger partial charge on any atom is -0.476 e. The lowest BCUT2D eigenvalue weighted by Crippen LogP contribution is -2.35. The third-order valence-corrected chi connectivity index (χ3v) is 8.40. The zero-order valence-corrected chi connectivity index (χ0v) is 22.1. The Morgan fingerprint density at radius 3 is 0.964 bits per heavy atom. The summed E-state index contributed by atoms with van der Waals surface area (Å²) in [5.74, 6) is 0. The third-order valence-electron chi connectivity index (χ3n) is 3.17. The molecule has 0 N–H and O–H groups in total. The summed E-state index contributed by atoms with van der Waals surface area (Å²) in [5, 5.41) is 2.46. The third kappa shape index (κ3) is 10.4. The van der Waals surface area contributed by atoms with Gasteiger partial charge in [0.15, 0.2) is 0 Å². The maximum atomic E-state index is 5.05. The van der Waals surface area contributed by atoms with Crippen LogP contribution < -0.4 is 10.4 Å². The zero-order valence-electron chi connectivity index (χ0n) is 20.1. The molecule has 0 aliphatic rings. The first-order chi connectivity index (χ1) is 12.3. The van der Waals surface area contributed by atoms with Crippen LogP contribution >= 0.6 is 0 Å². The summed E-state index contributed by atoms with van der Waals surface area (Å²) >= 11 is 0. The van der Waals surface area contributed by atoms with Crippen molar-refractivity contribution in [3.8, 4) is 0 Å². The Labute approximate surface area is 176 Å². The summed E-state index contributed by atoms with van der Waals surface area (Å²) in [5.41, 5.74) is -0.390. The van der Waals surface area contributed by atoms with E-state index in [1.807, 2.05) is 0 Å². The first kappa shape index (κ1) is 24.9. The number of rotatable bonds is 4. The van der Waals surface area contributed by atoms with Crippen molar-refractivity contribution >= 4 is 27.9 Å². The van der Waals surface area contributed by atoms with Crippen LogP contribution in [0.2, 0.25) is 0 Å². The molecule has 6 heteroatoms. The van der Waals surface area contributed by atoms with Gasteiger partial charge in [-0.3, -0.25) is 0 Å². The van der Waals surface area contributed by atoms with E-state index in [9.17, 15) is 0 Å². The first-order valence-corrected chi connectivity index (χ1v) is 12.9. The van der Waals surface area contributed by atoms with Crippen LogP contribution in [0.3, 0.4) is 0 Å². The van der Waals surface area contributed by atoms with Crippen LogP contribution in [0.4, 0.5) is 0 Å². The maximum Gasteiger partial charge on any atom is 0.0166 e. The van der Waals surface area contributed by atoms with Crippen LogP contribution in [-0.4, -0.2) is 39.7 Å². The van der Waals surface area contributed by atoms with E-state index in [2.05, 4.69) is 107 Å². The lowest BCUT2D eigenvalue weighted by atomic mass is 10.1. The van der Waals surface area contributed by atoms with Crippen molar-refractivity contribution in [1.29, 1.82) is 0 Å². The van der Waals surface area contributed by atoms with Crippen molar-refractivity contribution in [2.45, 2.75) is 105 Å². The summed E-state index contributed by atoms with van der Waals surface area (Å²) < 4.78 is 10.1. The molecule has 0 amide bonds. The summed E-state index contributed by atoms with van der Waals surface area (Å²) in [6.07, 6.45) is 0. The molecular formula is C22H40N4Si2-2. The fourth-order valence-electron chi connectivity index (χ4n) is 2.35. The fraction of sp³-hybridized carbons (Fsp3) is 0.727. The molecule has 4 nitrogen and oxygen atoms in total. The molecule has 0 saturated heterocycles. The summed E-state index contributed by atoms with van der Waals surface area (Å²) in [7, 11) is -2.70. The standard InChI is InChI=1S/C22H40N4Si2/c1-19(2,3)23-27(24-20(4,5)6)17-13-15-18(16-14-17)28(25-21(7,8)9)26-22(10,11)12/h13-16H,1-12H3/q-2. The second-order valence-electron chi connectivity index (χ2n) is 11.4. The molecule has 0 radical (unpaired) electrons. The van der Waals surface area contributed by atoms with Gasteiger partial charge < -0.3 is 19.2 Å². The second kappa shape index (κ2) is 8.70. The molecule has 158 valence electrons. The molecule has 0 fully saturated rings. The molecule has 1 aromatic carbocycles. The minimum absolute atomic E-state index is 0.0974. The number of nitrogens with zero attached hydrogens (tertiary/aromatic N) is 4. The summed E-state index contributed by atoms with van der Waals surface area (Å²) in [6, 6.07) is 8.81. The van der Waals surface area contributed by atoms with Crippen LogP contribution in [0, 0.1) is 0 Å². The molecule has 0 spiro atoms. The van der Waals surface area contributed by atoms with Gasteiger partial charge in [-0.1, -0.05) is 107 Å². The van der Waals surface area contributed by atoms with E-state index in [1.165, 1.54) is 10.4 Å². The molecular weight excluding hydrogens is 376 g/mol. The van der Waals surface area contributed by atoms with Gasteiger partial charge in [0.2, 0.25) is 0 Å². The second-order valence-corrected chi connectivity index (χ2v) is 14.7. The molecule has 0 bridgehead atoms. The SMILES string of the molecule is CC(C)(C)N=[Si]([N-]C(C)(C)C)c1ccc([Si](=NC(C)(C)C)[N-]C(C)(C)C)cc1. The number of hydrogen-bond donors (Lipinski definition) is 0. The highest BCUT2D eigenvalue weighted by atomic mass is 28.3. The highest BCUT2D eigenvalue weighted by molar-refractivity contribution is 6.69. The molecule has 0 atom stereocenters. The minimum atomic E-state index is -1.35. The van der Waals surface area contributed by atoms with E-state index in [0.29, 0.717) is 0 Å². The predicted octanol–water partition coefficient (Wildman–Crippen LogP) is 5.56. The lowest BCUT2D eigenvalue weighted by Gasteiger charge is -2.36. The lowest BCUT2D eigenvalue weighted by molar-refractivity contribution is 0.585. The van der Waals surface area contributed by atoms with E-state index in [4.69, 9.17) is 19.2 Å². The van der Waals surface area contributed by atoms with Gasteiger partial charge in [-0.05, 0) is 32.5 Å². The Hall–Kier alpha value is -1.15. The molecule has 0 aromatic heterocycles. The van der Waals surface area contributed by atoms with Crippen LogP contribution in [-0.2, 0) is 0 Å². The molecule has 0 aliphatic carbocycles. The van der Waals surface area contributed by atoms with E-state index in [0.717, 1.165) is 0 Å². The van der Waals surface area contributed by atoms with Gasteiger partial charge in [-0.15, -0.1) is 0 Å². The highest BCUT2D eigenvalue weighted by Crippen LogP contribution is 2.19. The monoisotopic (exact) mass is 416 g/mol. The summed E-state index contributed by atoms with van der Waals surface area (Å²) in [4.78, 5) is 10.1. The quantitative estimate of drug-likeness (QED) is 0.577. The smallest absolute Gasteiger partial charge is 0.0166 e. The van der Waals surface area contributed by atoms with Gasteiger partial charge in [0, 0.05) is 17.5 Å². The van der Waals surface area contributed by atoms with Crippen LogP contribution in [0.25, 0.3) is 9.96 Å². The average molecular weight is 417 g/mol. The molecule has 0 saturated carbocycles. The molecule has 0 heterocycles. The molecule has 0 unspecified atom stereocenters. The number of hydrogen-bond acceptors (Lipinski definition) is 2. The molecule has 1 aromatic rings. The van der Waals surface area contributed by atoms with Crippen molar-refractivity contribution in [1.82, 2.24) is 0 Å². The maximum absolute atomic E-state index is 5.05.